The predicted octanol–water partition coefficient (Wildman–Crippen LogP) is 2.76. The van der Waals surface area contributed by atoms with Gasteiger partial charge in [0.15, 0.2) is 0 Å². The van der Waals surface area contributed by atoms with E-state index >= 15 is 0 Å². The largest absolute Gasteiger partial charge is 0.497 e. The molecule has 3 rings (SSSR count). The van der Waals surface area contributed by atoms with Crippen molar-refractivity contribution in [1.82, 2.24) is 20.1 Å². The van der Waals surface area contributed by atoms with Gasteiger partial charge in [-0.3, -0.25) is 9.89 Å². The van der Waals surface area contributed by atoms with Crippen molar-refractivity contribution in [3.8, 4) is 5.75 Å². The molecule has 122 valence electrons. The molecule has 1 aliphatic rings. The summed E-state index contributed by atoms with van der Waals surface area (Å²) < 4.78 is 5.28. The molecule has 6 nitrogen and oxygen atoms in total. The Morgan fingerprint density at radius 1 is 1.52 bits per heavy atom. The molecular weight excluding hydrogens is 316 g/mol. The minimum absolute atomic E-state index is 0.121. The second-order valence-corrected chi connectivity index (χ2v) is 5.91. The third-order valence-electron chi connectivity index (χ3n) is 4.13. The van der Waals surface area contributed by atoms with Crippen LogP contribution in [0, 0.1) is 0 Å². The Balaban J connectivity index is 1.66. The number of nitrogens with one attached hydrogen (secondary N) is 1. The Kier molecular flexibility index (Phi) is 4.81. The third kappa shape index (κ3) is 3.64. The van der Waals surface area contributed by atoms with Crippen LogP contribution in [-0.2, 0) is 11.2 Å². The van der Waals surface area contributed by atoms with Crippen LogP contribution in [0.5, 0.6) is 5.75 Å². The molecule has 0 bridgehead atoms. The van der Waals surface area contributed by atoms with Crippen molar-refractivity contribution in [1.29, 1.82) is 0 Å². The average Bonchev–Trinajstić information content (AvgIpc) is 3.21. The zero-order chi connectivity index (χ0) is 16.2. The Morgan fingerprint density at radius 3 is 3.13 bits per heavy atom. The monoisotopic (exact) mass is 334 g/mol. The quantitative estimate of drug-likeness (QED) is 0.912. The summed E-state index contributed by atoms with van der Waals surface area (Å²) >= 11 is 5.67. The number of aromatic amines is 1. The fourth-order valence-corrected chi connectivity index (χ4v) is 3.16. The number of methoxy groups -OCH3 is 1. The molecule has 1 unspecified atom stereocenters. The van der Waals surface area contributed by atoms with Gasteiger partial charge >= 0.3 is 0 Å². The lowest BCUT2D eigenvalue weighted by molar-refractivity contribution is -0.132. The minimum Gasteiger partial charge on any atom is -0.497 e. The van der Waals surface area contributed by atoms with Crippen molar-refractivity contribution >= 4 is 17.5 Å². The highest BCUT2D eigenvalue weighted by atomic mass is 35.5. The highest BCUT2D eigenvalue weighted by molar-refractivity contribution is 6.28. The van der Waals surface area contributed by atoms with Crippen LogP contribution in [-0.4, -0.2) is 39.6 Å². The summed E-state index contributed by atoms with van der Waals surface area (Å²) in [5, 5.41) is 6.68. The molecule has 23 heavy (non-hydrogen) atoms. The van der Waals surface area contributed by atoms with E-state index in [9.17, 15) is 4.79 Å². The number of aromatic nitrogens is 3. The summed E-state index contributed by atoms with van der Waals surface area (Å²) in [5.74, 6) is 1.58. The second-order valence-electron chi connectivity index (χ2n) is 5.57. The lowest BCUT2D eigenvalue weighted by atomic mass is 10.0. The fourth-order valence-electron chi connectivity index (χ4n) is 3.01. The molecule has 1 atom stereocenters. The molecule has 0 aliphatic carbocycles. The van der Waals surface area contributed by atoms with E-state index in [-0.39, 0.29) is 17.2 Å². The number of aryl methyl sites for hydroxylation is 1. The first-order chi connectivity index (χ1) is 11.2. The highest BCUT2D eigenvalue weighted by Gasteiger charge is 2.29. The normalized spacial score (nSPS) is 17.5. The molecule has 1 aromatic carbocycles. The first-order valence-electron chi connectivity index (χ1n) is 7.67. The van der Waals surface area contributed by atoms with Crippen LogP contribution in [0.4, 0.5) is 0 Å². The van der Waals surface area contributed by atoms with Gasteiger partial charge in [-0.1, -0.05) is 12.1 Å². The number of ether oxygens (including phenoxy) is 1. The van der Waals surface area contributed by atoms with Crippen LogP contribution in [0.1, 0.15) is 36.7 Å². The maximum Gasteiger partial charge on any atom is 0.242 e. The summed E-state index contributed by atoms with van der Waals surface area (Å²) in [7, 11) is 1.65. The van der Waals surface area contributed by atoms with E-state index in [1.165, 1.54) is 0 Å². The van der Waals surface area contributed by atoms with Crippen LogP contribution in [0.15, 0.2) is 24.3 Å². The van der Waals surface area contributed by atoms with Crippen molar-refractivity contribution in [2.24, 2.45) is 0 Å². The van der Waals surface area contributed by atoms with Crippen LogP contribution in [0.2, 0.25) is 5.28 Å². The van der Waals surface area contributed by atoms with Crippen molar-refractivity contribution in [2.75, 3.05) is 13.7 Å². The van der Waals surface area contributed by atoms with Gasteiger partial charge < -0.3 is 9.64 Å². The number of likely N-dealkylation sites (tertiary alicyclic amines) is 1. The van der Waals surface area contributed by atoms with E-state index in [4.69, 9.17) is 16.3 Å². The molecule has 0 spiro atoms. The molecule has 7 heteroatoms. The number of H-pyrrole nitrogens is 1. The molecule has 1 saturated heterocycles. The molecule has 2 heterocycles. The van der Waals surface area contributed by atoms with E-state index in [1.807, 2.05) is 23.1 Å². The molecule has 1 N–H and O–H groups in total. The van der Waals surface area contributed by atoms with Crippen LogP contribution < -0.4 is 4.74 Å². The van der Waals surface area contributed by atoms with Crippen molar-refractivity contribution in [2.45, 2.75) is 31.7 Å². The fraction of sp³-hybridized carbons (Fsp3) is 0.438. The molecule has 1 amide bonds. The Bertz CT molecular complexity index is 688. The maximum absolute atomic E-state index is 12.6. The molecule has 2 aromatic rings. The summed E-state index contributed by atoms with van der Waals surface area (Å²) in [6.07, 6.45) is 2.90. The predicted molar refractivity (Wildman–Crippen MR) is 86.4 cm³/mol. The van der Waals surface area contributed by atoms with Crippen LogP contribution >= 0.6 is 11.6 Å². The number of hydrogen-bond acceptors (Lipinski definition) is 4. The average molecular weight is 335 g/mol. The van der Waals surface area contributed by atoms with E-state index in [0.29, 0.717) is 18.7 Å². The number of rotatable bonds is 5. The van der Waals surface area contributed by atoms with Crippen molar-refractivity contribution in [3.63, 3.8) is 0 Å². The smallest absolute Gasteiger partial charge is 0.242 e. The number of amides is 1. The molecule has 1 aromatic heterocycles. The van der Waals surface area contributed by atoms with E-state index in [1.54, 1.807) is 7.11 Å². The second kappa shape index (κ2) is 7.00. The van der Waals surface area contributed by atoms with Gasteiger partial charge in [0.05, 0.1) is 13.2 Å². The number of benzene rings is 1. The molecule has 1 aliphatic heterocycles. The van der Waals surface area contributed by atoms with Gasteiger partial charge in [0.1, 0.15) is 11.6 Å². The van der Waals surface area contributed by atoms with Crippen molar-refractivity contribution in [3.05, 3.63) is 40.9 Å². The van der Waals surface area contributed by atoms with Gasteiger partial charge in [-0.25, -0.2) is 4.98 Å². The van der Waals surface area contributed by atoms with Gasteiger partial charge in [0, 0.05) is 19.4 Å². The Morgan fingerprint density at radius 2 is 2.39 bits per heavy atom. The topological polar surface area (TPSA) is 71.1 Å². The van der Waals surface area contributed by atoms with Crippen LogP contribution in [0.25, 0.3) is 0 Å². The maximum atomic E-state index is 12.6. The van der Waals surface area contributed by atoms with Gasteiger partial charge in [0.25, 0.3) is 0 Å². The molecule has 0 radical (unpaired) electrons. The highest BCUT2D eigenvalue weighted by Crippen LogP contribution is 2.33. The van der Waals surface area contributed by atoms with Gasteiger partial charge in [-0.2, -0.15) is 0 Å². The molecule has 0 saturated carbocycles. The standard InChI is InChI=1S/C16H19ClN4O2/c1-23-12-5-2-4-11(10-12)13-6-3-9-21(13)15(22)8-7-14-18-16(17)20-19-14/h2,4-5,10,13H,3,6-9H2,1H3,(H,18,19,20). The number of hydrogen-bond donors (Lipinski definition) is 1. The molecule has 1 fully saturated rings. The lowest BCUT2D eigenvalue weighted by Gasteiger charge is -2.25. The molecular formula is C16H19ClN4O2. The summed E-state index contributed by atoms with van der Waals surface area (Å²) in [4.78, 5) is 18.5. The summed E-state index contributed by atoms with van der Waals surface area (Å²) in [6.45, 7) is 0.790. The number of carbonyl (C=O) groups excluding carboxylic acids is 1. The SMILES string of the molecule is COc1cccc(C2CCCN2C(=O)CCc2nc(Cl)n[nH]2)c1. The first kappa shape index (κ1) is 15.8. The minimum atomic E-state index is 0.121. The summed E-state index contributed by atoms with van der Waals surface area (Å²) in [6, 6.07) is 8.06. The van der Waals surface area contributed by atoms with E-state index in [0.717, 1.165) is 30.7 Å². The van der Waals surface area contributed by atoms with Gasteiger partial charge in [-0.05, 0) is 42.1 Å². The Hall–Kier alpha value is -2.08. The zero-order valence-corrected chi connectivity index (χ0v) is 13.7. The zero-order valence-electron chi connectivity index (χ0n) is 13.0. The Labute approximate surface area is 139 Å². The van der Waals surface area contributed by atoms with Gasteiger partial charge in [-0.15, -0.1) is 5.10 Å². The van der Waals surface area contributed by atoms with E-state index < -0.39 is 0 Å². The van der Waals surface area contributed by atoms with Crippen LogP contribution in [0.3, 0.4) is 0 Å². The number of nitrogens with zero attached hydrogens (tertiary/aromatic N) is 3. The van der Waals surface area contributed by atoms with E-state index in [2.05, 4.69) is 21.2 Å². The third-order valence-corrected chi connectivity index (χ3v) is 4.30. The first-order valence-corrected chi connectivity index (χ1v) is 8.05. The number of carbonyl (C=O) groups is 1. The summed E-state index contributed by atoms with van der Waals surface area (Å²) in [5.41, 5.74) is 1.12. The number of halogens is 1. The lowest BCUT2D eigenvalue weighted by Crippen LogP contribution is -2.30. The van der Waals surface area contributed by atoms with Crippen molar-refractivity contribution < 1.29 is 9.53 Å². The van der Waals surface area contributed by atoms with Gasteiger partial charge in [0.2, 0.25) is 11.2 Å².